The van der Waals surface area contributed by atoms with Gasteiger partial charge in [-0.1, -0.05) is 23.3 Å². The Bertz CT molecular complexity index is 1390. The van der Waals surface area contributed by atoms with E-state index >= 15 is 0 Å². The number of nitrogens with zero attached hydrogens (tertiary/aromatic N) is 4. The number of rotatable bonds is 7. The van der Waals surface area contributed by atoms with Crippen molar-refractivity contribution in [2.24, 2.45) is 0 Å². The molecule has 8 nitrogen and oxygen atoms in total. The largest absolute Gasteiger partial charge is 0.496 e. The van der Waals surface area contributed by atoms with Crippen LogP contribution in [0, 0.1) is 17.3 Å². The van der Waals surface area contributed by atoms with Gasteiger partial charge >= 0.3 is 0 Å². The number of ether oxygens (including phenoxy) is 2. The van der Waals surface area contributed by atoms with Crippen LogP contribution in [-0.4, -0.2) is 28.2 Å². The molecule has 0 aliphatic rings. The second-order valence-corrected chi connectivity index (χ2v) is 8.63. The van der Waals surface area contributed by atoms with Gasteiger partial charge in [0.05, 0.1) is 34.5 Å². The molecule has 4 rings (SSSR count). The number of carbonyl (C=O) groups is 1. The molecule has 0 fully saturated rings. The van der Waals surface area contributed by atoms with Crippen molar-refractivity contribution >= 4 is 33.8 Å². The van der Waals surface area contributed by atoms with Crippen molar-refractivity contribution in [2.45, 2.75) is 18.4 Å². The Balaban J connectivity index is 1.52. The number of pyridine rings is 1. The fourth-order valence-electron chi connectivity index (χ4n) is 3.16. The fraction of sp³-hybridized carbons (Fsp3) is 0.130. The number of aryl methyl sites for hydroxylation is 1. The summed E-state index contributed by atoms with van der Waals surface area (Å²) in [6.07, 6.45) is 1.39. The Morgan fingerprint density at radius 2 is 2.00 bits per heavy atom. The number of amides is 1. The lowest BCUT2D eigenvalue weighted by molar-refractivity contribution is 0.102. The molecule has 0 radical (unpaired) electrons. The first-order valence-electron chi connectivity index (χ1n) is 9.96. The van der Waals surface area contributed by atoms with Gasteiger partial charge in [0.2, 0.25) is 5.13 Å². The van der Waals surface area contributed by atoms with Crippen molar-refractivity contribution < 1.29 is 18.7 Å². The second-order valence-electron chi connectivity index (χ2n) is 7.04. The lowest BCUT2D eigenvalue weighted by Crippen LogP contribution is -2.14. The summed E-state index contributed by atoms with van der Waals surface area (Å²) in [5.74, 6) is -0.735. The van der Waals surface area contributed by atoms with Crippen LogP contribution in [0.5, 0.6) is 10.9 Å². The van der Waals surface area contributed by atoms with E-state index in [2.05, 4.69) is 20.5 Å². The third-order valence-corrected chi connectivity index (χ3v) is 6.00. The maximum atomic E-state index is 14.7. The molecular weight excluding hydrogens is 477 g/mol. The van der Waals surface area contributed by atoms with Gasteiger partial charge in [-0.25, -0.2) is 4.39 Å². The van der Waals surface area contributed by atoms with E-state index in [1.807, 2.05) is 12.1 Å². The minimum atomic E-state index is -0.521. The van der Waals surface area contributed by atoms with Crippen LogP contribution in [0.3, 0.4) is 0 Å². The fourth-order valence-corrected chi connectivity index (χ4v) is 4.01. The summed E-state index contributed by atoms with van der Waals surface area (Å²) in [7, 11) is 1.44. The molecular formula is C23H18FN5O3S2. The lowest BCUT2D eigenvalue weighted by Gasteiger charge is -2.14. The smallest absolute Gasteiger partial charge is 0.296 e. The molecule has 2 heterocycles. The van der Waals surface area contributed by atoms with Gasteiger partial charge in [-0.05, 0) is 54.2 Å². The Hall–Kier alpha value is -3.92. The third-order valence-electron chi connectivity index (χ3n) is 4.77. The van der Waals surface area contributed by atoms with Crippen molar-refractivity contribution in [3.05, 3.63) is 77.4 Å². The zero-order valence-corrected chi connectivity index (χ0v) is 19.7. The van der Waals surface area contributed by atoms with Gasteiger partial charge < -0.3 is 9.47 Å². The maximum Gasteiger partial charge on any atom is 0.296 e. The van der Waals surface area contributed by atoms with E-state index < -0.39 is 11.7 Å². The maximum absolute atomic E-state index is 14.7. The highest BCUT2D eigenvalue weighted by Gasteiger charge is 2.21. The highest BCUT2D eigenvalue weighted by atomic mass is 32.1. The van der Waals surface area contributed by atoms with E-state index in [9.17, 15) is 9.18 Å². The van der Waals surface area contributed by atoms with Gasteiger partial charge in [-0.15, -0.1) is 5.10 Å². The third kappa shape index (κ3) is 5.18. The van der Waals surface area contributed by atoms with Crippen molar-refractivity contribution in [3.63, 3.8) is 0 Å². The van der Waals surface area contributed by atoms with Crippen LogP contribution in [0.1, 0.15) is 21.6 Å². The molecule has 34 heavy (non-hydrogen) atoms. The molecule has 0 saturated carbocycles. The number of methoxy groups -OCH3 is 1. The van der Waals surface area contributed by atoms with Crippen LogP contribution in [0.2, 0.25) is 0 Å². The lowest BCUT2D eigenvalue weighted by atomic mass is 9.98. The second kappa shape index (κ2) is 10.3. The van der Waals surface area contributed by atoms with Gasteiger partial charge in [0.25, 0.3) is 11.1 Å². The average Bonchev–Trinajstić information content (AvgIpc) is 3.29. The number of hydrogen-bond donors (Lipinski definition) is 1. The quantitative estimate of drug-likeness (QED) is 0.362. The van der Waals surface area contributed by atoms with Crippen LogP contribution in [-0.2, 0) is 6.61 Å². The zero-order chi connectivity index (χ0) is 24.1. The van der Waals surface area contributed by atoms with Crippen LogP contribution < -0.4 is 14.8 Å². The van der Waals surface area contributed by atoms with E-state index in [1.54, 1.807) is 31.2 Å². The van der Waals surface area contributed by atoms with E-state index in [4.69, 9.17) is 14.1 Å². The summed E-state index contributed by atoms with van der Waals surface area (Å²) in [5, 5.41) is 11.1. The monoisotopic (exact) mass is 495 g/mol. The predicted molar refractivity (Wildman–Crippen MR) is 127 cm³/mol. The van der Waals surface area contributed by atoms with Crippen LogP contribution in [0.4, 0.5) is 9.52 Å². The van der Waals surface area contributed by atoms with Crippen molar-refractivity contribution in [1.29, 1.82) is 4.61 Å². The summed E-state index contributed by atoms with van der Waals surface area (Å²) >= 11 is 1.73. The Morgan fingerprint density at radius 1 is 1.21 bits per heavy atom. The van der Waals surface area contributed by atoms with E-state index in [1.165, 1.54) is 25.4 Å². The molecule has 0 aliphatic heterocycles. The first-order chi connectivity index (χ1) is 16.5. The highest BCUT2D eigenvalue weighted by molar-refractivity contribution is 7.85. The average molecular weight is 496 g/mol. The molecule has 1 N–H and O–H groups in total. The van der Waals surface area contributed by atoms with Gasteiger partial charge in [-0.2, -0.15) is 4.61 Å². The van der Waals surface area contributed by atoms with Crippen molar-refractivity contribution in [1.82, 2.24) is 15.2 Å². The van der Waals surface area contributed by atoms with Gasteiger partial charge in [0.1, 0.15) is 18.2 Å². The number of anilines is 1. The molecule has 2 aromatic carbocycles. The number of nitrogens with one attached hydrogen (secondary N) is 1. The topological polar surface area (TPSA) is 110 Å². The van der Waals surface area contributed by atoms with Crippen LogP contribution in [0.25, 0.3) is 11.1 Å². The molecule has 1 amide bonds. The minimum absolute atomic E-state index is 0.161. The van der Waals surface area contributed by atoms with Gasteiger partial charge in [0, 0.05) is 17.5 Å². The van der Waals surface area contributed by atoms with E-state index in [-0.39, 0.29) is 28.1 Å². The number of halogens is 1. The predicted octanol–water partition coefficient (Wildman–Crippen LogP) is 5.46. The molecule has 11 heteroatoms. The Labute approximate surface area is 202 Å². The molecule has 0 bridgehead atoms. The molecule has 4 aromatic rings. The van der Waals surface area contributed by atoms with Crippen molar-refractivity contribution in [2.75, 3.05) is 12.4 Å². The summed E-state index contributed by atoms with van der Waals surface area (Å²) in [6, 6.07) is 13.3. The number of carbonyl (C=O) groups excluding carboxylic acids is 1. The van der Waals surface area contributed by atoms with E-state index in [0.29, 0.717) is 28.4 Å². The molecule has 0 spiro atoms. The zero-order valence-electron chi connectivity index (χ0n) is 18.1. The Morgan fingerprint density at radius 3 is 2.74 bits per heavy atom. The number of aromatic nitrogens is 3. The number of hydrogen-bond acceptors (Lipinski definition) is 8. The molecule has 0 aliphatic carbocycles. The first kappa shape index (κ1) is 23.2. The minimum Gasteiger partial charge on any atom is -0.496 e. The van der Waals surface area contributed by atoms with Crippen LogP contribution in [0.15, 0.2) is 59.6 Å². The van der Waals surface area contributed by atoms with Gasteiger partial charge in [-0.3, -0.25) is 15.1 Å². The molecule has 0 saturated heterocycles. The molecule has 2 aromatic heterocycles. The summed E-state index contributed by atoms with van der Waals surface area (Å²) in [4.78, 5) is 18.0. The summed E-state index contributed by atoms with van der Waals surface area (Å²) in [5.41, 5.74) is 2.19. The number of benzene rings is 2. The molecule has 0 unspecified atom stereocenters. The van der Waals surface area contributed by atoms with E-state index in [0.717, 1.165) is 21.8 Å². The standard InChI is InChI=1S/C23H18FN5O3S2/c1-13-10-16(20-18(24)4-3-5-19(20)31-2)17(11-26-13)21(30)27-22-28-29-23(33-22)32-12-14-6-8-15(34-25)9-7-14/h3-11H,12H2,1-2H3,(H,27,28,30). The normalized spacial score (nSPS) is 10.5. The first-order valence-corrected chi connectivity index (χ1v) is 11.5. The molecule has 0 atom stereocenters. The Kier molecular flexibility index (Phi) is 7.07. The summed E-state index contributed by atoms with van der Waals surface area (Å²) < 4.78 is 34.7. The SMILES string of the molecule is COc1cccc(F)c1-c1cc(C)ncc1C(=O)Nc1nnc(OCc2ccc(S#N)cc2)s1. The van der Waals surface area contributed by atoms with Gasteiger partial charge in [0.15, 0.2) is 0 Å². The molecule has 172 valence electrons. The van der Waals surface area contributed by atoms with Crippen molar-refractivity contribution in [3.8, 4) is 22.1 Å². The van der Waals surface area contributed by atoms with Crippen LogP contribution >= 0.6 is 22.7 Å². The highest BCUT2D eigenvalue weighted by Crippen LogP contribution is 2.35. The summed E-state index contributed by atoms with van der Waals surface area (Å²) in [6.45, 7) is 2.00.